The Hall–Kier alpha value is -2.81. The number of hydrogen-bond donors (Lipinski definition) is 0. The van der Waals surface area contributed by atoms with Crippen molar-refractivity contribution in [1.82, 2.24) is 19.5 Å². The van der Waals surface area contributed by atoms with Crippen LogP contribution < -0.4 is 0 Å². The molecule has 3 heterocycles. The number of aromatic nitrogens is 4. The average molecular weight is 535 g/mol. The molecule has 137 valence electrons. The van der Waals surface area contributed by atoms with Gasteiger partial charge < -0.3 is 8.98 Å². The standard InChI is InChI=1S/C20H16N5O.Ir/c1-11-7-12(2)18(13(3)8-11)25-10-15(9-21)24-19(25)16-5-6-22-20-17(16)23-14(4)26-20;/h6-8,10H,1-4H3;/q-1;. The molecule has 0 aliphatic carbocycles. The fraction of sp³-hybridized carbons (Fsp3) is 0.200. The van der Waals surface area contributed by atoms with E-state index in [1.54, 1.807) is 19.3 Å². The molecule has 0 fully saturated rings. The number of fused-ring (bicyclic) bond motifs is 1. The SMILES string of the molecule is Cc1cc(C)c(-n2cc(C#N)nc2-c2[c-]cnc3oc(C)nc23)c(C)c1.[Ir]. The van der Waals surface area contributed by atoms with Gasteiger partial charge >= 0.3 is 0 Å². The molecule has 0 atom stereocenters. The van der Waals surface area contributed by atoms with Crippen LogP contribution in [0.15, 0.2) is 28.9 Å². The van der Waals surface area contributed by atoms with E-state index in [0.717, 1.165) is 16.8 Å². The summed E-state index contributed by atoms with van der Waals surface area (Å²) in [5.41, 5.74) is 6.41. The van der Waals surface area contributed by atoms with E-state index in [9.17, 15) is 5.26 Å². The Kier molecular flexibility index (Phi) is 4.97. The summed E-state index contributed by atoms with van der Waals surface area (Å²) in [4.78, 5) is 13.1. The van der Waals surface area contributed by atoms with E-state index < -0.39 is 0 Å². The summed E-state index contributed by atoms with van der Waals surface area (Å²) >= 11 is 0. The van der Waals surface area contributed by atoms with Gasteiger partial charge in [-0.1, -0.05) is 17.7 Å². The molecule has 27 heavy (non-hydrogen) atoms. The van der Waals surface area contributed by atoms with Crippen LogP contribution in [-0.2, 0) is 20.1 Å². The van der Waals surface area contributed by atoms with Gasteiger partial charge in [0.25, 0.3) is 0 Å². The maximum atomic E-state index is 9.39. The van der Waals surface area contributed by atoms with Gasteiger partial charge in [0.2, 0.25) is 0 Å². The number of pyridine rings is 1. The van der Waals surface area contributed by atoms with E-state index in [-0.39, 0.29) is 20.1 Å². The molecule has 6 nitrogen and oxygen atoms in total. The Morgan fingerprint density at radius 1 is 1.11 bits per heavy atom. The van der Waals surface area contributed by atoms with Crippen LogP contribution in [0.1, 0.15) is 28.3 Å². The summed E-state index contributed by atoms with van der Waals surface area (Å²) in [5, 5.41) is 9.39. The largest absolute Gasteiger partial charge is 0.436 e. The molecule has 7 heteroatoms. The molecule has 3 aromatic heterocycles. The number of nitrogens with zero attached hydrogens (tertiary/aromatic N) is 5. The van der Waals surface area contributed by atoms with Gasteiger partial charge in [-0.3, -0.25) is 9.97 Å². The first-order valence-electron chi connectivity index (χ1n) is 8.20. The van der Waals surface area contributed by atoms with E-state index in [0.29, 0.717) is 34.2 Å². The molecule has 0 aliphatic rings. The summed E-state index contributed by atoms with van der Waals surface area (Å²) in [5.74, 6) is 1.12. The van der Waals surface area contributed by atoms with Crippen molar-refractivity contribution in [2.75, 3.05) is 0 Å². The zero-order valence-electron chi connectivity index (χ0n) is 15.3. The minimum absolute atomic E-state index is 0. The number of hydrogen-bond acceptors (Lipinski definition) is 5. The third-order valence-electron chi connectivity index (χ3n) is 4.26. The van der Waals surface area contributed by atoms with Gasteiger partial charge in [-0.25, -0.2) is 4.98 Å². The van der Waals surface area contributed by atoms with Crippen molar-refractivity contribution >= 4 is 11.2 Å². The zero-order chi connectivity index (χ0) is 18.4. The van der Waals surface area contributed by atoms with Gasteiger partial charge in [0.15, 0.2) is 11.6 Å². The van der Waals surface area contributed by atoms with E-state index in [4.69, 9.17) is 4.42 Å². The maximum Gasteiger partial charge on any atom is 0.188 e. The number of benzene rings is 1. The molecule has 1 radical (unpaired) electrons. The van der Waals surface area contributed by atoms with Gasteiger partial charge in [-0.05, 0) is 38.1 Å². The quantitative estimate of drug-likeness (QED) is 0.364. The summed E-state index contributed by atoms with van der Waals surface area (Å²) < 4.78 is 7.46. The normalized spacial score (nSPS) is 10.6. The Morgan fingerprint density at radius 2 is 1.81 bits per heavy atom. The third kappa shape index (κ3) is 3.18. The predicted octanol–water partition coefficient (Wildman–Crippen LogP) is 3.98. The second-order valence-electron chi connectivity index (χ2n) is 6.34. The first-order valence-corrected chi connectivity index (χ1v) is 8.20. The van der Waals surface area contributed by atoms with E-state index in [1.807, 2.05) is 4.57 Å². The van der Waals surface area contributed by atoms with Crippen LogP contribution in [0.5, 0.6) is 0 Å². The third-order valence-corrected chi connectivity index (χ3v) is 4.26. The van der Waals surface area contributed by atoms with Crippen molar-refractivity contribution in [2.45, 2.75) is 27.7 Å². The first kappa shape index (κ1) is 19.0. The number of rotatable bonds is 2. The summed E-state index contributed by atoms with van der Waals surface area (Å²) in [6.07, 6.45) is 3.29. The summed E-state index contributed by atoms with van der Waals surface area (Å²) in [6.45, 7) is 7.94. The molecular formula is C20H16IrN5O-. The van der Waals surface area contributed by atoms with Crippen molar-refractivity contribution in [3.05, 3.63) is 58.9 Å². The van der Waals surface area contributed by atoms with Crippen molar-refractivity contribution in [3.63, 3.8) is 0 Å². The van der Waals surface area contributed by atoms with Crippen LogP contribution in [-0.4, -0.2) is 19.5 Å². The maximum absolute atomic E-state index is 9.39. The first-order chi connectivity index (χ1) is 12.5. The van der Waals surface area contributed by atoms with Crippen LogP contribution in [0.3, 0.4) is 0 Å². The molecule has 0 N–H and O–H groups in total. The molecule has 1 aromatic carbocycles. The van der Waals surface area contributed by atoms with Crippen LogP contribution in [0.4, 0.5) is 0 Å². The molecule has 0 saturated carbocycles. The fourth-order valence-corrected chi connectivity index (χ4v) is 3.39. The second-order valence-corrected chi connectivity index (χ2v) is 6.34. The van der Waals surface area contributed by atoms with E-state index in [1.165, 1.54) is 5.56 Å². The van der Waals surface area contributed by atoms with Crippen molar-refractivity contribution < 1.29 is 24.5 Å². The molecule has 0 aliphatic heterocycles. The predicted molar refractivity (Wildman–Crippen MR) is 96.9 cm³/mol. The second kappa shape index (κ2) is 7.07. The molecule has 0 spiro atoms. The zero-order valence-corrected chi connectivity index (χ0v) is 17.7. The number of oxazole rings is 1. The topological polar surface area (TPSA) is 80.5 Å². The van der Waals surface area contributed by atoms with Crippen LogP contribution in [0.25, 0.3) is 28.3 Å². The molecule has 0 bridgehead atoms. The minimum atomic E-state index is 0. The van der Waals surface area contributed by atoms with Gasteiger partial charge in [0, 0.05) is 50.3 Å². The Morgan fingerprint density at radius 3 is 2.48 bits per heavy atom. The van der Waals surface area contributed by atoms with Crippen molar-refractivity contribution in [2.24, 2.45) is 0 Å². The average Bonchev–Trinajstić information content (AvgIpc) is 3.16. The molecule has 0 amide bonds. The molecular weight excluding hydrogens is 518 g/mol. The Bertz CT molecular complexity index is 1180. The summed E-state index contributed by atoms with van der Waals surface area (Å²) in [6, 6.07) is 9.47. The number of nitriles is 1. The van der Waals surface area contributed by atoms with Gasteiger partial charge in [0.05, 0.1) is 0 Å². The van der Waals surface area contributed by atoms with Gasteiger partial charge in [-0.15, -0.1) is 5.56 Å². The van der Waals surface area contributed by atoms with Gasteiger partial charge in [0.1, 0.15) is 11.8 Å². The Labute approximate surface area is 170 Å². The molecule has 0 saturated heterocycles. The van der Waals surface area contributed by atoms with Gasteiger partial charge in [-0.2, -0.15) is 11.3 Å². The molecule has 4 aromatic rings. The van der Waals surface area contributed by atoms with Crippen molar-refractivity contribution in [1.29, 1.82) is 5.26 Å². The summed E-state index contributed by atoms with van der Waals surface area (Å²) in [7, 11) is 0. The van der Waals surface area contributed by atoms with E-state index in [2.05, 4.69) is 60.0 Å². The fourth-order valence-electron chi connectivity index (χ4n) is 3.39. The van der Waals surface area contributed by atoms with Crippen molar-refractivity contribution in [3.8, 4) is 23.1 Å². The molecule has 0 unspecified atom stereocenters. The number of aryl methyl sites for hydroxylation is 4. The minimum Gasteiger partial charge on any atom is -0.436 e. The smallest absolute Gasteiger partial charge is 0.188 e. The monoisotopic (exact) mass is 535 g/mol. The van der Waals surface area contributed by atoms with Crippen LogP contribution in [0, 0.1) is 45.1 Å². The molecule has 4 rings (SSSR count). The Balaban J connectivity index is 0.00000210. The van der Waals surface area contributed by atoms with Crippen LogP contribution in [0.2, 0.25) is 0 Å². The number of imidazole rings is 1. The van der Waals surface area contributed by atoms with Crippen LogP contribution >= 0.6 is 0 Å². The van der Waals surface area contributed by atoms with E-state index >= 15 is 0 Å².